The SMILES string of the molecule is CN(C)CCCn1ncc(N)c1N(C)CCN. The Morgan fingerprint density at radius 3 is 2.59 bits per heavy atom. The van der Waals surface area contributed by atoms with Gasteiger partial charge in [-0.05, 0) is 27.1 Å². The molecule has 6 nitrogen and oxygen atoms in total. The van der Waals surface area contributed by atoms with E-state index in [0.717, 1.165) is 31.9 Å². The van der Waals surface area contributed by atoms with E-state index in [1.807, 2.05) is 11.7 Å². The second-order valence-corrected chi connectivity index (χ2v) is 4.51. The van der Waals surface area contributed by atoms with Crippen LogP contribution in [0.15, 0.2) is 6.20 Å². The number of aromatic nitrogens is 2. The maximum Gasteiger partial charge on any atom is 0.150 e. The Labute approximate surface area is 103 Å². The molecule has 17 heavy (non-hydrogen) atoms. The van der Waals surface area contributed by atoms with Crippen LogP contribution < -0.4 is 16.4 Å². The minimum atomic E-state index is 0.610. The first-order valence-corrected chi connectivity index (χ1v) is 5.93. The van der Waals surface area contributed by atoms with E-state index in [4.69, 9.17) is 11.5 Å². The van der Waals surface area contributed by atoms with Crippen molar-refractivity contribution < 1.29 is 0 Å². The number of hydrogen-bond acceptors (Lipinski definition) is 5. The van der Waals surface area contributed by atoms with Crippen LogP contribution in [0.2, 0.25) is 0 Å². The van der Waals surface area contributed by atoms with Gasteiger partial charge in [-0.2, -0.15) is 5.10 Å². The largest absolute Gasteiger partial charge is 0.394 e. The van der Waals surface area contributed by atoms with E-state index < -0.39 is 0 Å². The van der Waals surface area contributed by atoms with Crippen molar-refractivity contribution >= 4 is 11.5 Å². The maximum atomic E-state index is 5.93. The predicted molar refractivity (Wildman–Crippen MR) is 72.1 cm³/mol. The molecule has 1 aromatic rings. The molecule has 1 rings (SSSR count). The third-order valence-corrected chi connectivity index (χ3v) is 2.64. The quantitative estimate of drug-likeness (QED) is 0.691. The van der Waals surface area contributed by atoms with E-state index in [-0.39, 0.29) is 0 Å². The molecular formula is C11H24N6. The molecule has 0 aliphatic rings. The Morgan fingerprint density at radius 2 is 2.00 bits per heavy atom. The van der Waals surface area contributed by atoms with E-state index in [1.54, 1.807) is 6.20 Å². The Bertz CT molecular complexity index is 333. The summed E-state index contributed by atoms with van der Waals surface area (Å²) in [5.74, 6) is 0.967. The first-order chi connectivity index (χ1) is 8.06. The molecule has 1 heterocycles. The summed E-state index contributed by atoms with van der Waals surface area (Å²) in [7, 11) is 6.13. The van der Waals surface area contributed by atoms with E-state index in [0.29, 0.717) is 12.2 Å². The number of nitrogen functional groups attached to an aromatic ring is 1. The normalized spacial score (nSPS) is 11.1. The number of rotatable bonds is 7. The van der Waals surface area contributed by atoms with Gasteiger partial charge in [-0.3, -0.25) is 0 Å². The summed E-state index contributed by atoms with van der Waals surface area (Å²) in [5, 5.41) is 4.31. The van der Waals surface area contributed by atoms with Crippen molar-refractivity contribution in [2.45, 2.75) is 13.0 Å². The van der Waals surface area contributed by atoms with Crippen LogP contribution in [-0.4, -0.2) is 55.5 Å². The highest BCUT2D eigenvalue weighted by molar-refractivity contribution is 5.62. The first-order valence-electron chi connectivity index (χ1n) is 5.93. The molecule has 0 amide bonds. The molecule has 0 spiro atoms. The summed E-state index contributed by atoms with van der Waals surface area (Å²) in [6.07, 6.45) is 2.76. The van der Waals surface area contributed by atoms with Crippen molar-refractivity contribution in [2.24, 2.45) is 5.73 Å². The van der Waals surface area contributed by atoms with Gasteiger partial charge in [0.05, 0.1) is 11.9 Å². The van der Waals surface area contributed by atoms with Gasteiger partial charge in [0.15, 0.2) is 0 Å². The Balaban J connectivity index is 2.65. The highest BCUT2D eigenvalue weighted by Gasteiger charge is 2.12. The van der Waals surface area contributed by atoms with Crippen LogP contribution in [0, 0.1) is 0 Å². The smallest absolute Gasteiger partial charge is 0.150 e. The fraction of sp³-hybridized carbons (Fsp3) is 0.727. The zero-order valence-electron chi connectivity index (χ0n) is 11.1. The van der Waals surface area contributed by atoms with Crippen molar-refractivity contribution in [1.29, 1.82) is 0 Å². The van der Waals surface area contributed by atoms with E-state index in [9.17, 15) is 0 Å². The highest BCUT2D eigenvalue weighted by atomic mass is 15.4. The zero-order valence-corrected chi connectivity index (χ0v) is 11.1. The lowest BCUT2D eigenvalue weighted by molar-refractivity contribution is 0.381. The molecule has 98 valence electrons. The molecule has 0 aliphatic heterocycles. The van der Waals surface area contributed by atoms with Crippen molar-refractivity contribution in [3.63, 3.8) is 0 Å². The Morgan fingerprint density at radius 1 is 1.29 bits per heavy atom. The standard InChI is InChI=1S/C11H24N6/c1-15(2)6-4-7-17-11(10(13)9-14-17)16(3)8-5-12/h9H,4-8,12-13H2,1-3H3. The average Bonchev–Trinajstić information content (AvgIpc) is 2.60. The second kappa shape index (κ2) is 6.46. The van der Waals surface area contributed by atoms with Crippen molar-refractivity contribution in [3.8, 4) is 0 Å². The maximum absolute atomic E-state index is 5.93. The topological polar surface area (TPSA) is 76.3 Å². The minimum Gasteiger partial charge on any atom is -0.394 e. The van der Waals surface area contributed by atoms with E-state index >= 15 is 0 Å². The number of anilines is 2. The van der Waals surface area contributed by atoms with Gasteiger partial charge in [-0.1, -0.05) is 0 Å². The molecule has 0 unspecified atom stereocenters. The van der Waals surface area contributed by atoms with Crippen LogP contribution in [0.25, 0.3) is 0 Å². The van der Waals surface area contributed by atoms with E-state index in [1.165, 1.54) is 0 Å². The van der Waals surface area contributed by atoms with Gasteiger partial charge in [-0.25, -0.2) is 4.68 Å². The van der Waals surface area contributed by atoms with Crippen LogP contribution in [0.4, 0.5) is 11.5 Å². The Hall–Kier alpha value is -1.27. The van der Waals surface area contributed by atoms with Gasteiger partial charge in [0, 0.05) is 26.7 Å². The molecule has 0 saturated carbocycles. The predicted octanol–water partition coefficient (Wildman–Crippen LogP) is -0.188. The third-order valence-electron chi connectivity index (χ3n) is 2.64. The molecule has 0 fully saturated rings. The number of aryl methyl sites for hydroxylation is 1. The molecule has 6 heteroatoms. The van der Waals surface area contributed by atoms with Gasteiger partial charge in [0.1, 0.15) is 5.82 Å². The molecular weight excluding hydrogens is 216 g/mol. The molecule has 0 bridgehead atoms. The molecule has 4 N–H and O–H groups in total. The molecule has 0 atom stereocenters. The van der Waals surface area contributed by atoms with Crippen molar-refractivity contribution in [1.82, 2.24) is 14.7 Å². The fourth-order valence-electron chi connectivity index (χ4n) is 1.81. The van der Waals surface area contributed by atoms with Crippen molar-refractivity contribution in [2.75, 3.05) is 51.4 Å². The molecule has 1 aromatic heterocycles. The third kappa shape index (κ3) is 3.90. The van der Waals surface area contributed by atoms with Crippen LogP contribution >= 0.6 is 0 Å². The lowest BCUT2D eigenvalue weighted by Crippen LogP contribution is -2.28. The summed E-state index contributed by atoms with van der Waals surface area (Å²) in [6.45, 7) is 3.31. The van der Waals surface area contributed by atoms with Crippen molar-refractivity contribution in [3.05, 3.63) is 6.20 Å². The summed E-state index contributed by atoms with van der Waals surface area (Å²) < 4.78 is 1.95. The number of hydrogen-bond donors (Lipinski definition) is 2. The van der Waals surface area contributed by atoms with Crippen LogP contribution in [0.5, 0.6) is 0 Å². The molecule has 0 saturated heterocycles. The average molecular weight is 240 g/mol. The molecule has 0 aliphatic carbocycles. The van der Waals surface area contributed by atoms with Crippen LogP contribution in [0.1, 0.15) is 6.42 Å². The van der Waals surface area contributed by atoms with E-state index in [2.05, 4.69) is 29.0 Å². The molecule has 0 radical (unpaired) electrons. The van der Waals surface area contributed by atoms with Crippen LogP contribution in [0.3, 0.4) is 0 Å². The second-order valence-electron chi connectivity index (χ2n) is 4.51. The number of nitrogens with two attached hydrogens (primary N) is 2. The lowest BCUT2D eigenvalue weighted by atomic mass is 10.4. The first kappa shape index (κ1) is 13.8. The summed E-state index contributed by atoms with van der Waals surface area (Å²) in [6, 6.07) is 0. The minimum absolute atomic E-state index is 0.610. The number of nitrogens with zero attached hydrogens (tertiary/aromatic N) is 4. The highest BCUT2D eigenvalue weighted by Crippen LogP contribution is 2.21. The fourth-order valence-corrected chi connectivity index (χ4v) is 1.81. The van der Waals surface area contributed by atoms with Gasteiger partial charge < -0.3 is 21.3 Å². The van der Waals surface area contributed by atoms with Gasteiger partial charge in [-0.15, -0.1) is 0 Å². The van der Waals surface area contributed by atoms with Gasteiger partial charge in [0.2, 0.25) is 0 Å². The monoisotopic (exact) mass is 240 g/mol. The Kier molecular flexibility index (Phi) is 5.24. The summed E-state index contributed by atoms with van der Waals surface area (Å²) in [4.78, 5) is 4.22. The number of likely N-dealkylation sites (N-methyl/N-ethyl adjacent to an activating group) is 1. The molecule has 0 aromatic carbocycles. The lowest BCUT2D eigenvalue weighted by Gasteiger charge is -2.20. The summed E-state index contributed by atoms with van der Waals surface area (Å²) in [5.41, 5.74) is 12.2. The van der Waals surface area contributed by atoms with Crippen LogP contribution in [-0.2, 0) is 6.54 Å². The summed E-state index contributed by atoms with van der Waals surface area (Å²) >= 11 is 0. The van der Waals surface area contributed by atoms with Gasteiger partial charge in [0.25, 0.3) is 0 Å². The zero-order chi connectivity index (χ0) is 12.8. The van der Waals surface area contributed by atoms with Gasteiger partial charge >= 0.3 is 0 Å².